The van der Waals surface area contributed by atoms with Gasteiger partial charge in [0.05, 0.1) is 0 Å². The second kappa shape index (κ2) is 10.0. The van der Waals surface area contributed by atoms with Gasteiger partial charge in [0, 0.05) is 36.3 Å². The highest BCUT2D eigenvalue weighted by Crippen LogP contribution is 2.19. The monoisotopic (exact) mass is 432 g/mol. The summed E-state index contributed by atoms with van der Waals surface area (Å²) in [5, 5.41) is 5.47. The number of nitrogens with one attached hydrogen (secondary N) is 2. The van der Waals surface area contributed by atoms with E-state index in [0.29, 0.717) is 22.5 Å². The molecular formula is C24H20N2O6. The van der Waals surface area contributed by atoms with Gasteiger partial charge in [0.1, 0.15) is 11.5 Å². The Labute approximate surface area is 184 Å². The third kappa shape index (κ3) is 6.27. The van der Waals surface area contributed by atoms with Crippen LogP contribution in [-0.4, -0.2) is 23.8 Å². The molecule has 0 saturated heterocycles. The molecule has 0 spiro atoms. The second-order valence-electron chi connectivity index (χ2n) is 6.73. The first-order valence-corrected chi connectivity index (χ1v) is 9.60. The fourth-order valence-electron chi connectivity index (χ4n) is 2.78. The molecule has 2 N–H and O–H groups in total. The van der Waals surface area contributed by atoms with Crippen LogP contribution < -0.4 is 20.1 Å². The molecule has 3 rings (SSSR count). The summed E-state index contributed by atoms with van der Waals surface area (Å²) in [5.74, 6) is -1.14. The van der Waals surface area contributed by atoms with Crippen molar-refractivity contribution in [2.24, 2.45) is 0 Å². The number of amides is 2. The first-order valence-electron chi connectivity index (χ1n) is 9.60. The topological polar surface area (TPSA) is 111 Å². The van der Waals surface area contributed by atoms with E-state index >= 15 is 0 Å². The van der Waals surface area contributed by atoms with E-state index in [2.05, 4.69) is 10.6 Å². The molecule has 0 saturated carbocycles. The van der Waals surface area contributed by atoms with Gasteiger partial charge in [-0.1, -0.05) is 12.1 Å². The zero-order chi connectivity index (χ0) is 23.1. The van der Waals surface area contributed by atoms with Crippen LogP contribution in [0.2, 0.25) is 0 Å². The quantitative estimate of drug-likeness (QED) is 0.449. The van der Waals surface area contributed by atoms with E-state index in [1.165, 1.54) is 26.0 Å². The summed E-state index contributed by atoms with van der Waals surface area (Å²) < 4.78 is 9.97. The van der Waals surface area contributed by atoms with Gasteiger partial charge >= 0.3 is 11.9 Å². The molecule has 3 aromatic carbocycles. The van der Waals surface area contributed by atoms with Gasteiger partial charge in [-0.15, -0.1) is 0 Å². The number of rotatable bonds is 6. The van der Waals surface area contributed by atoms with Crippen LogP contribution in [0.3, 0.4) is 0 Å². The van der Waals surface area contributed by atoms with Gasteiger partial charge in [-0.3, -0.25) is 19.2 Å². The number of hydrogen-bond donors (Lipinski definition) is 2. The lowest BCUT2D eigenvalue weighted by molar-refractivity contribution is -0.132. The van der Waals surface area contributed by atoms with Crippen molar-refractivity contribution in [1.82, 2.24) is 0 Å². The Bertz CT molecular complexity index is 1080. The number of esters is 2. The molecule has 0 aliphatic heterocycles. The average Bonchev–Trinajstić information content (AvgIpc) is 2.74. The maximum atomic E-state index is 12.5. The van der Waals surface area contributed by atoms with Crippen molar-refractivity contribution in [3.63, 3.8) is 0 Å². The Kier molecular flexibility index (Phi) is 6.97. The molecule has 0 heterocycles. The van der Waals surface area contributed by atoms with E-state index in [1.807, 2.05) is 0 Å². The number of carbonyl (C=O) groups excluding carboxylic acids is 4. The summed E-state index contributed by atoms with van der Waals surface area (Å²) in [7, 11) is 0. The lowest BCUT2D eigenvalue weighted by Crippen LogP contribution is -2.13. The summed E-state index contributed by atoms with van der Waals surface area (Å²) in [5.41, 5.74) is 1.69. The van der Waals surface area contributed by atoms with Gasteiger partial charge in [-0.25, -0.2) is 0 Å². The molecule has 0 aliphatic rings. The lowest BCUT2D eigenvalue weighted by atomic mass is 10.2. The zero-order valence-corrected chi connectivity index (χ0v) is 17.4. The van der Waals surface area contributed by atoms with Gasteiger partial charge in [0.2, 0.25) is 0 Å². The maximum Gasteiger partial charge on any atom is 0.308 e. The van der Waals surface area contributed by atoms with E-state index in [0.717, 1.165) is 0 Å². The summed E-state index contributed by atoms with van der Waals surface area (Å²) in [6.45, 7) is 2.56. The van der Waals surface area contributed by atoms with E-state index in [4.69, 9.17) is 9.47 Å². The van der Waals surface area contributed by atoms with Crippen molar-refractivity contribution in [1.29, 1.82) is 0 Å². The van der Waals surface area contributed by atoms with E-state index < -0.39 is 11.9 Å². The molecule has 8 heteroatoms. The SMILES string of the molecule is CC(=O)Oc1cccc(C(=O)Nc2ccc(NC(=O)c3cccc(OC(C)=O)c3)cc2)c1. The predicted molar refractivity (Wildman–Crippen MR) is 118 cm³/mol. The Hall–Kier alpha value is -4.46. The Morgan fingerprint density at radius 2 is 0.969 bits per heavy atom. The van der Waals surface area contributed by atoms with Crippen LogP contribution in [0.5, 0.6) is 11.5 Å². The minimum Gasteiger partial charge on any atom is -0.427 e. The predicted octanol–water partition coefficient (Wildman–Crippen LogP) is 4.04. The molecule has 0 atom stereocenters. The molecule has 162 valence electrons. The van der Waals surface area contributed by atoms with Crippen molar-refractivity contribution < 1.29 is 28.7 Å². The third-order valence-electron chi connectivity index (χ3n) is 4.12. The molecule has 32 heavy (non-hydrogen) atoms. The summed E-state index contributed by atoms with van der Waals surface area (Å²) in [6.07, 6.45) is 0. The highest BCUT2D eigenvalue weighted by Gasteiger charge is 2.10. The lowest BCUT2D eigenvalue weighted by Gasteiger charge is -2.09. The van der Waals surface area contributed by atoms with Gasteiger partial charge < -0.3 is 20.1 Å². The van der Waals surface area contributed by atoms with Crippen LogP contribution in [0.1, 0.15) is 34.6 Å². The van der Waals surface area contributed by atoms with E-state index in [9.17, 15) is 19.2 Å². The standard InChI is InChI=1S/C24H20N2O6/c1-15(27)31-21-7-3-5-17(13-21)23(29)25-19-9-11-20(12-10-19)26-24(30)18-6-4-8-22(14-18)32-16(2)28/h3-14H,1-2H3,(H,25,29)(H,26,30). The highest BCUT2D eigenvalue weighted by molar-refractivity contribution is 6.06. The number of benzene rings is 3. The van der Waals surface area contributed by atoms with E-state index in [-0.39, 0.29) is 23.3 Å². The molecule has 3 aromatic rings. The van der Waals surface area contributed by atoms with Crippen molar-refractivity contribution in [2.45, 2.75) is 13.8 Å². The van der Waals surface area contributed by atoms with Crippen molar-refractivity contribution in [3.05, 3.63) is 83.9 Å². The van der Waals surface area contributed by atoms with Crippen LogP contribution in [0.4, 0.5) is 11.4 Å². The molecule has 0 aliphatic carbocycles. The smallest absolute Gasteiger partial charge is 0.308 e. The third-order valence-corrected chi connectivity index (χ3v) is 4.12. The molecule has 0 aromatic heterocycles. The van der Waals surface area contributed by atoms with Crippen molar-refractivity contribution >= 4 is 35.1 Å². The summed E-state index contributed by atoms with van der Waals surface area (Å²) in [4.78, 5) is 47.0. The Morgan fingerprint density at radius 3 is 1.31 bits per heavy atom. The van der Waals surface area contributed by atoms with Crippen molar-refractivity contribution in [3.8, 4) is 11.5 Å². The molecular weight excluding hydrogens is 412 g/mol. The number of anilines is 2. The molecule has 0 radical (unpaired) electrons. The fourth-order valence-corrected chi connectivity index (χ4v) is 2.78. The number of carbonyl (C=O) groups is 4. The summed E-state index contributed by atoms with van der Waals surface area (Å²) >= 11 is 0. The minimum absolute atomic E-state index is 0.279. The molecule has 2 amide bonds. The van der Waals surface area contributed by atoms with Crippen LogP contribution >= 0.6 is 0 Å². The van der Waals surface area contributed by atoms with Crippen LogP contribution in [-0.2, 0) is 9.59 Å². The van der Waals surface area contributed by atoms with Gasteiger partial charge in [0.25, 0.3) is 11.8 Å². The van der Waals surface area contributed by atoms with Crippen LogP contribution in [0.25, 0.3) is 0 Å². The van der Waals surface area contributed by atoms with E-state index in [1.54, 1.807) is 60.7 Å². The average molecular weight is 432 g/mol. The van der Waals surface area contributed by atoms with Crippen LogP contribution in [0.15, 0.2) is 72.8 Å². The second-order valence-corrected chi connectivity index (χ2v) is 6.73. The Morgan fingerprint density at radius 1 is 0.594 bits per heavy atom. The molecule has 0 unspecified atom stereocenters. The first-order chi connectivity index (χ1) is 15.3. The zero-order valence-electron chi connectivity index (χ0n) is 17.4. The number of ether oxygens (including phenoxy) is 2. The first kappa shape index (κ1) is 22.2. The molecule has 0 bridgehead atoms. The largest absolute Gasteiger partial charge is 0.427 e. The highest BCUT2D eigenvalue weighted by atomic mass is 16.5. The van der Waals surface area contributed by atoms with Crippen molar-refractivity contribution in [2.75, 3.05) is 10.6 Å². The minimum atomic E-state index is -0.474. The molecule has 8 nitrogen and oxygen atoms in total. The maximum absolute atomic E-state index is 12.5. The van der Waals surface area contributed by atoms with Gasteiger partial charge in [0.15, 0.2) is 0 Å². The summed E-state index contributed by atoms with van der Waals surface area (Å²) in [6, 6.07) is 19.1. The Balaban J connectivity index is 1.63. The normalized spacial score (nSPS) is 10.1. The molecule has 0 fully saturated rings. The van der Waals surface area contributed by atoms with Crippen LogP contribution in [0, 0.1) is 0 Å². The van der Waals surface area contributed by atoms with Gasteiger partial charge in [-0.2, -0.15) is 0 Å². The number of hydrogen-bond acceptors (Lipinski definition) is 6. The van der Waals surface area contributed by atoms with Gasteiger partial charge in [-0.05, 0) is 60.7 Å². The fraction of sp³-hybridized carbons (Fsp3) is 0.0833.